The van der Waals surface area contributed by atoms with Crippen molar-refractivity contribution in [3.05, 3.63) is 107 Å². The molecule has 234 valence electrons. The molecule has 1 aliphatic rings. The lowest BCUT2D eigenvalue weighted by atomic mass is 9.88. The number of rotatable bonds is 13. The maximum absolute atomic E-state index is 13.7. The van der Waals surface area contributed by atoms with Crippen molar-refractivity contribution in [3.63, 3.8) is 0 Å². The highest BCUT2D eigenvalue weighted by molar-refractivity contribution is 7.13. The van der Waals surface area contributed by atoms with E-state index >= 15 is 0 Å². The van der Waals surface area contributed by atoms with E-state index in [2.05, 4.69) is 29.6 Å². The second-order valence-electron chi connectivity index (χ2n) is 11.7. The molecule has 5 rings (SSSR count). The first kappa shape index (κ1) is 32.1. The van der Waals surface area contributed by atoms with Crippen molar-refractivity contribution >= 4 is 29.1 Å². The summed E-state index contributed by atoms with van der Waals surface area (Å²) in [4.78, 5) is 44.4. The molecular weight excluding hydrogens is 582 g/mol. The highest BCUT2D eigenvalue weighted by Gasteiger charge is 2.27. The number of esters is 1. The smallest absolute Gasteiger partial charge is 0.308 e. The summed E-state index contributed by atoms with van der Waals surface area (Å²) in [6, 6.07) is 25.3. The van der Waals surface area contributed by atoms with Gasteiger partial charge in [-0.05, 0) is 67.5 Å². The van der Waals surface area contributed by atoms with Crippen LogP contribution in [0.2, 0.25) is 0 Å². The molecule has 45 heavy (non-hydrogen) atoms. The van der Waals surface area contributed by atoms with Gasteiger partial charge in [-0.2, -0.15) is 0 Å². The number of thiazole rings is 1. The van der Waals surface area contributed by atoms with Gasteiger partial charge in [-0.3, -0.25) is 14.4 Å². The second kappa shape index (κ2) is 16.1. The lowest BCUT2D eigenvalue weighted by Gasteiger charge is -2.29. The number of nitrogens with zero attached hydrogens (tertiary/aromatic N) is 2. The standard InChI is InChI=1S/C37H41N3O4S/c1-27(41)44-34-21-15-29(16-22-34)24-40(37(43)32-13-6-3-7-14-32)25-33-26-45-36(39-33)31-19-17-30(18-20-31)35(42)38-23-9-8-12-28-10-4-2-5-11-28/h2,4-5,10-11,15-22,26,32H,3,6-9,12-14,23-25H2,1H3,(H,38,42). The molecule has 4 aromatic rings. The zero-order chi connectivity index (χ0) is 31.4. The Morgan fingerprint density at radius 1 is 0.867 bits per heavy atom. The molecule has 1 aromatic heterocycles. The Kier molecular flexibility index (Phi) is 11.5. The number of hydrogen-bond donors (Lipinski definition) is 1. The lowest BCUT2D eigenvalue weighted by Crippen LogP contribution is -2.36. The van der Waals surface area contributed by atoms with E-state index in [1.54, 1.807) is 12.1 Å². The van der Waals surface area contributed by atoms with Crippen molar-refractivity contribution in [1.29, 1.82) is 0 Å². The third-order valence-electron chi connectivity index (χ3n) is 8.14. The van der Waals surface area contributed by atoms with Gasteiger partial charge in [0.25, 0.3) is 5.91 Å². The summed E-state index contributed by atoms with van der Waals surface area (Å²) >= 11 is 1.54. The van der Waals surface area contributed by atoms with Gasteiger partial charge in [0.2, 0.25) is 5.91 Å². The van der Waals surface area contributed by atoms with E-state index in [1.165, 1.54) is 30.2 Å². The molecule has 7 nitrogen and oxygen atoms in total. The molecule has 0 aliphatic heterocycles. The highest BCUT2D eigenvalue weighted by atomic mass is 32.1. The first-order valence-electron chi connectivity index (χ1n) is 15.9. The quantitative estimate of drug-likeness (QED) is 0.0942. The molecule has 0 bridgehead atoms. The molecule has 8 heteroatoms. The topological polar surface area (TPSA) is 88.6 Å². The van der Waals surface area contributed by atoms with Crippen LogP contribution in [0.15, 0.2) is 84.2 Å². The Morgan fingerprint density at radius 2 is 1.60 bits per heavy atom. The second-order valence-corrected chi connectivity index (χ2v) is 12.5. The molecule has 0 radical (unpaired) electrons. The Bertz CT molecular complexity index is 1540. The molecule has 0 atom stereocenters. The van der Waals surface area contributed by atoms with Crippen LogP contribution >= 0.6 is 11.3 Å². The van der Waals surface area contributed by atoms with Gasteiger partial charge in [0.1, 0.15) is 10.8 Å². The lowest BCUT2D eigenvalue weighted by molar-refractivity contribution is -0.138. The van der Waals surface area contributed by atoms with Crippen molar-refractivity contribution in [2.45, 2.75) is 71.4 Å². The van der Waals surface area contributed by atoms with Crippen LogP contribution in [0.1, 0.15) is 79.0 Å². The van der Waals surface area contributed by atoms with E-state index in [4.69, 9.17) is 9.72 Å². The fraction of sp³-hybridized carbons (Fsp3) is 0.351. The number of ether oxygens (including phenoxy) is 1. The average molecular weight is 624 g/mol. The minimum Gasteiger partial charge on any atom is -0.427 e. The largest absolute Gasteiger partial charge is 0.427 e. The van der Waals surface area contributed by atoms with Crippen molar-refractivity contribution in [3.8, 4) is 16.3 Å². The molecule has 1 saturated carbocycles. The summed E-state index contributed by atoms with van der Waals surface area (Å²) < 4.78 is 5.17. The summed E-state index contributed by atoms with van der Waals surface area (Å²) in [5.41, 5.74) is 4.70. The maximum Gasteiger partial charge on any atom is 0.308 e. The van der Waals surface area contributed by atoms with E-state index in [0.717, 1.165) is 66.8 Å². The Hall–Kier alpha value is -4.30. The maximum atomic E-state index is 13.7. The van der Waals surface area contributed by atoms with Gasteiger partial charge in [-0.15, -0.1) is 11.3 Å². The van der Waals surface area contributed by atoms with Crippen molar-refractivity contribution < 1.29 is 19.1 Å². The minimum atomic E-state index is -0.362. The van der Waals surface area contributed by atoms with Crippen LogP contribution in [0.4, 0.5) is 0 Å². The minimum absolute atomic E-state index is 0.0414. The number of aryl methyl sites for hydroxylation is 1. The van der Waals surface area contributed by atoms with Crippen molar-refractivity contribution in [2.24, 2.45) is 5.92 Å². The molecular formula is C37H41N3O4S. The third kappa shape index (κ3) is 9.59. The number of benzene rings is 3. The van der Waals surface area contributed by atoms with Gasteiger partial charge < -0.3 is 15.0 Å². The van der Waals surface area contributed by atoms with Crippen LogP contribution in [0, 0.1) is 5.92 Å². The molecule has 1 aliphatic carbocycles. The number of carbonyl (C=O) groups is 3. The number of nitrogens with one attached hydrogen (secondary N) is 1. The highest BCUT2D eigenvalue weighted by Crippen LogP contribution is 2.29. The molecule has 2 amide bonds. The van der Waals surface area contributed by atoms with E-state index in [0.29, 0.717) is 30.9 Å². The molecule has 1 fully saturated rings. The van der Waals surface area contributed by atoms with Crippen molar-refractivity contribution in [2.75, 3.05) is 6.54 Å². The summed E-state index contributed by atoms with van der Waals surface area (Å²) in [5.74, 6) is 0.268. The van der Waals surface area contributed by atoms with E-state index in [-0.39, 0.29) is 23.7 Å². The fourth-order valence-electron chi connectivity index (χ4n) is 5.74. The normalized spacial score (nSPS) is 13.3. The molecule has 1 heterocycles. The van der Waals surface area contributed by atoms with Crippen LogP contribution in [0.5, 0.6) is 5.75 Å². The fourth-order valence-corrected chi connectivity index (χ4v) is 6.56. The van der Waals surface area contributed by atoms with Gasteiger partial charge in [0.05, 0.1) is 12.2 Å². The molecule has 0 spiro atoms. The summed E-state index contributed by atoms with van der Waals surface area (Å²) in [6.07, 6.45) is 8.19. The SMILES string of the molecule is CC(=O)Oc1ccc(CN(Cc2csc(-c3ccc(C(=O)NCCCCc4ccccc4)cc3)n2)C(=O)C2CCCCC2)cc1. The zero-order valence-electron chi connectivity index (χ0n) is 25.9. The number of unbranched alkanes of at least 4 members (excludes halogenated alkanes) is 1. The van der Waals surface area contributed by atoms with Crippen LogP contribution in [-0.2, 0) is 29.1 Å². The summed E-state index contributed by atoms with van der Waals surface area (Å²) in [5, 5.41) is 5.89. The number of carbonyl (C=O) groups excluding carboxylic acids is 3. The predicted octanol–water partition coefficient (Wildman–Crippen LogP) is 7.60. The van der Waals surface area contributed by atoms with Crippen molar-refractivity contribution in [1.82, 2.24) is 15.2 Å². The Morgan fingerprint density at radius 3 is 2.31 bits per heavy atom. The molecule has 0 unspecified atom stereocenters. The number of aromatic nitrogens is 1. The van der Waals surface area contributed by atoms with Crippen LogP contribution < -0.4 is 10.1 Å². The Balaban J connectivity index is 1.18. The molecule has 0 saturated heterocycles. The van der Waals surface area contributed by atoms with Crippen LogP contribution in [0.25, 0.3) is 10.6 Å². The van der Waals surface area contributed by atoms with E-state index in [1.807, 2.05) is 52.7 Å². The van der Waals surface area contributed by atoms with Gasteiger partial charge in [0.15, 0.2) is 0 Å². The Labute approximate surface area is 269 Å². The number of amides is 2. The monoisotopic (exact) mass is 623 g/mol. The summed E-state index contributed by atoms with van der Waals surface area (Å²) in [6.45, 7) is 2.90. The predicted molar refractivity (Wildman–Crippen MR) is 178 cm³/mol. The number of hydrogen-bond acceptors (Lipinski definition) is 6. The van der Waals surface area contributed by atoms with Crippen LogP contribution in [-0.4, -0.2) is 34.2 Å². The zero-order valence-corrected chi connectivity index (χ0v) is 26.7. The van der Waals surface area contributed by atoms with Gasteiger partial charge in [-0.1, -0.05) is 73.9 Å². The van der Waals surface area contributed by atoms with Crippen LogP contribution in [0.3, 0.4) is 0 Å². The average Bonchev–Trinajstić information content (AvgIpc) is 3.54. The molecule has 1 N–H and O–H groups in total. The van der Waals surface area contributed by atoms with Gasteiger partial charge in [-0.25, -0.2) is 4.98 Å². The van der Waals surface area contributed by atoms with Gasteiger partial charge >= 0.3 is 5.97 Å². The first-order valence-corrected chi connectivity index (χ1v) is 16.8. The first-order chi connectivity index (χ1) is 21.9. The van der Waals surface area contributed by atoms with E-state index < -0.39 is 0 Å². The molecule has 3 aromatic carbocycles. The summed E-state index contributed by atoms with van der Waals surface area (Å²) in [7, 11) is 0. The van der Waals surface area contributed by atoms with Gasteiger partial charge in [0, 0.05) is 42.4 Å². The van der Waals surface area contributed by atoms with E-state index in [9.17, 15) is 14.4 Å². The third-order valence-corrected chi connectivity index (χ3v) is 9.08.